The third-order valence-corrected chi connectivity index (χ3v) is 3.96. The van der Waals surface area contributed by atoms with Crippen LogP contribution in [0, 0.1) is 13.8 Å². The van der Waals surface area contributed by atoms with E-state index in [1.807, 2.05) is 23.6 Å². The van der Waals surface area contributed by atoms with E-state index < -0.39 is 5.97 Å². The van der Waals surface area contributed by atoms with Crippen LogP contribution in [0.1, 0.15) is 21.8 Å². The lowest BCUT2D eigenvalue weighted by atomic mass is 10.1. The van der Waals surface area contributed by atoms with Crippen molar-refractivity contribution in [1.29, 1.82) is 0 Å². The number of aliphatic carboxylic acids is 1. The molecule has 0 radical (unpaired) electrons. The molecular formula is C16H17NO3S. The van der Waals surface area contributed by atoms with E-state index in [1.54, 1.807) is 0 Å². The van der Waals surface area contributed by atoms with Crippen molar-refractivity contribution in [3.05, 3.63) is 51.5 Å². The van der Waals surface area contributed by atoms with Gasteiger partial charge in [0.2, 0.25) is 0 Å². The van der Waals surface area contributed by atoms with Crippen LogP contribution >= 0.6 is 11.3 Å². The maximum Gasteiger partial charge on any atom is 0.328 e. The monoisotopic (exact) mass is 303 g/mol. The maximum atomic E-state index is 10.4. The number of rotatable bonds is 6. The number of carboxylic acids is 1. The van der Waals surface area contributed by atoms with Gasteiger partial charge in [-0.1, -0.05) is 6.07 Å². The number of nitrogens with zero attached hydrogens (tertiary/aromatic N) is 1. The summed E-state index contributed by atoms with van der Waals surface area (Å²) in [4.78, 5) is 14.8. The van der Waals surface area contributed by atoms with Gasteiger partial charge in [-0.05, 0) is 43.2 Å². The molecule has 4 nitrogen and oxygen atoms in total. The minimum absolute atomic E-state index is 0.554. The zero-order valence-electron chi connectivity index (χ0n) is 12.0. The number of aromatic nitrogens is 1. The van der Waals surface area contributed by atoms with Gasteiger partial charge < -0.3 is 9.84 Å². The van der Waals surface area contributed by atoms with Gasteiger partial charge in [0.1, 0.15) is 5.75 Å². The molecule has 0 bridgehead atoms. The highest BCUT2D eigenvalue weighted by Gasteiger charge is 2.02. The fourth-order valence-electron chi connectivity index (χ4n) is 1.73. The molecule has 0 atom stereocenters. The van der Waals surface area contributed by atoms with Crippen LogP contribution < -0.4 is 4.74 Å². The van der Waals surface area contributed by atoms with Crippen LogP contribution in [0.5, 0.6) is 5.75 Å². The minimum atomic E-state index is -0.970. The van der Waals surface area contributed by atoms with Gasteiger partial charge in [-0.15, -0.1) is 11.3 Å². The van der Waals surface area contributed by atoms with Crippen LogP contribution in [0.25, 0.3) is 6.08 Å². The third-order valence-electron chi connectivity index (χ3n) is 3.03. The predicted molar refractivity (Wildman–Crippen MR) is 83.9 cm³/mol. The summed E-state index contributed by atoms with van der Waals surface area (Å²) in [5.74, 6) is -0.108. The zero-order chi connectivity index (χ0) is 15.2. The Hall–Kier alpha value is -2.14. The van der Waals surface area contributed by atoms with Gasteiger partial charge in [0.25, 0.3) is 0 Å². The van der Waals surface area contributed by atoms with Gasteiger partial charge in [0.15, 0.2) is 0 Å². The van der Waals surface area contributed by atoms with E-state index in [0.29, 0.717) is 18.7 Å². The second-order valence-corrected chi connectivity index (χ2v) is 5.62. The Kier molecular flexibility index (Phi) is 5.11. The van der Waals surface area contributed by atoms with Gasteiger partial charge in [-0.3, -0.25) is 0 Å². The maximum absolute atomic E-state index is 10.4. The van der Waals surface area contributed by atoms with Gasteiger partial charge in [0, 0.05) is 17.9 Å². The van der Waals surface area contributed by atoms with Crippen molar-refractivity contribution < 1.29 is 14.6 Å². The smallest absolute Gasteiger partial charge is 0.328 e. The Morgan fingerprint density at radius 3 is 2.90 bits per heavy atom. The highest BCUT2D eigenvalue weighted by atomic mass is 32.1. The van der Waals surface area contributed by atoms with E-state index >= 15 is 0 Å². The zero-order valence-corrected chi connectivity index (χ0v) is 12.8. The van der Waals surface area contributed by atoms with Gasteiger partial charge in [0.05, 0.1) is 17.3 Å². The molecule has 0 fully saturated rings. The second-order valence-electron chi connectivity index (χ2n) is 4.68. The van der Waals surface area contributed by atoms with Crippen LogP contribution in [0.4, 0.5) is 0 Å². The van der Waals surface area contributed by atoms with Crippen LogP contribution in [0.2, 0.25) is 0 Å². The molecule has 0 aliphatic heterocycles. The number of thiazole rings is 1. The summed E-state index contributed by atoms with van der Waals surface area (Å²) < 4.78 is 5.71. The van der Waals surface area contributed by atoms with Crippen molar-refractivity contribution in [2.24, 2.45) is 0 Å². The molecular weight excluding hydrogens is 286 g/mol. The molecule has 1 heterocycles. The molecule has 110 valence electrons. The quantitative estimate of drug-likeness (QED) is 0.830. The number of carbonyl (C=O) groups is 1. The lowest BCUT2D eigenvalue weighted by molar-refractivity contribution is -0.131. The summed E-state index contributed by atoms with van der Waals surface area (Å²) in [5, 5.41) is 11.3. The van der Waals surface area contributed by atoms with E-state index in [1.165, 1.54) is 28.5 Å². The number of hydrogen-bond acceptors (Lipinski definition) is 4. The van der Waals surface area contributed by atoms with E-state index in [-0.39, 0.29) is 0 Å². The average molecular weight is 303 g/mol. The second kappa shape index (κ2) is 7.04. The number of carboxylic acid groups (broad SMARTS) is 1. The first-order valence-corrected chi connectivity index (χ1v) is 7.48. The third kappa shape index (κ3) is 4.72. The molecule has 2 aromatic rings. The summed E-state index contributed by atoms with van der Waals surface area (Å²) >= 11 is 1.51. The molecule has 0 unspecified atom stereocenters. The van der Waals surface area contributed by atoms with Crippen LogP contribution in [-0.2, 0) is 11.2 Å². The molecule has 1 aromatic heterocycles. The topological polar surface area (TPSA) is 59.4 Å². The van der Waals surface area contributed by atoms with Gasteiger partial charge >= 0.3 is 5.97 Å². The number of hydrogen-bond donors (Lipinski definition) is 1. The molecule has 0 saturated heterocycles. The van der Waals surface area contributed by atoms with Crippen molar-refractivity contribution in [1.82, 2.24) is 4.98 Å². The van der Waals surface area contributed by atoms with Crippen molar-refractivity contribution in [3.8, 4) is 5.75 Å². The molecule has 0 saturated carbocycles. The Morgan fingerprint density at radius 2 is 2.19 bits per heavy atom. The highest BCUT2D eigenvalue weighted by Crippen LogP contribution is 2.17. The molecule has 0 aliphatic carbocycles. The van der Waals surface area contributed by atoms with Crippen LogP contribution in [-0.4, -0.2) is 22.7 Å². The lowest BCUT2D eigenvalue weighted by Crippen LogP contribution is -2.01. The Balaban J connectivity index is 1.86. The first-order valence-electron chi connectivity index (χ1n) is 6.60. The van der Waals surface area contributed by atoms with Gasteiger partial charge in [-0.2, -0.15) is 0 Å². The first kappa shape index (κ1) is 15.3. The molecule has 5 heteroatoms. The molecule has 0 amide bonds. The van der Waals surface area contributed by atoms with Crippen molar-refractivity contribution in [2.75, 3.05) is 6.61 Å². The van der Waals surface area contributed by atoms with Crippen molar-refractivity contribution in [3.63, 3.8) is 0 Å². The van der Waals surface area contributed by atoms with E-state index in [2.05, 4.69) is 18.8 Å². The van der Waals surface area contributed by atoms with Crippen molar-refractivity contribution in [2.45, 2.75) is 20.3 Å². The summed E-state index contributed by atoms with van der Waals surface area (Å²) in [6, 6.07) is 6.03. The summed E-state index contributed by atoms with van der Waals surface area (Å²) in [6.45, 7) is 4.68. The van der Waals surface area contributed by atoms with Crippen molar-refractivity contribution >= 4 is 23.4 Å². The molecule has 21 heavy (non-hydrogen) atoms. The Morgan fingerprint density at radius 1 is 1.38 bits per heavy atom. The molecule has 1 N–H and O–H groups in total. The Labute approximate surface area is 127 Å². The van der Waals surface area contributed by atoms with Gasteiger partial charge in [-0.25, -0.2) is 9.78 Å². The standard InChI is InChI=1S/C16H17NO3S/c1-11-3-5-14(9-12(11)2)20-8-7-15-17-13(10-21-15)4-6-16(18)19/h3-6,9-10H,7-8H2,1-2H3,(H,18,19)/b6-4+. The molecule has 2 rings (SSSR count). The fourth-order valence-corrected chi connectivity index (χ4v) is 2.48. The van der Waals surface area contributed by atoms with Crippen LogP contribution in [0.3, 0.4) is 0 Å². The predicted octanol–water partition coefficient (Wildman–Crippen LogP) is 3.48. The van der Waals surface area contributed by atoms with Crippen LogP contribution in [0.15, 0.2) is 29.7 Å². The largest absolute Gasteiger partial charge is 0.493 e. The summed E-state index contributed by atoms with van der Waals surface area (Å²) in [7, 11) is 0. The van der Waals surface area contributed by atoms with E-state index in [0.717, 1.165) is 16.8 Å². The van der Waals surface area contributed by atoms with E-state index in [4.69, 9.17) is 9.84 Å². The number of benzene rings is 1. The first-order chi connectivity index (χ1) is 10.0. The summed E-state index contributed by atoms with van der Waals surface area (Å²) in [5.41, 5.74) is 3.13. The fraction of sp³-hybridized carbons (Fsp3) is 0.250. The number of aryl methyl sites for hydroxylation is 2. The average Bonchev–Trinajstić information content (AvgIpc) is 2.88. The molecule has 0 spiro atoms. The Bertz CT molecular complexity index is 661. The minimum Gasteiger partial charge on any atom is -0.493 e. The highest BCUT2D eigenvalue weighted by molar-refractivity contribution is 7.09. The molecule has 1 aromatic carbocycles. The SMILES string of the molecule is Cc1ccc(OCCc2nc(/C=C/C(=O)O)cs2)cc1C. The summed E-state index contributed by atoms with van der Waals surface area (Å²) in [6.07, 6.45) is 3.29. The van der Waals surface area contributed by atoms with E-state index in [9.17, 15) is 4.79 Å². The lowest BCUT2D eigenvalue weighted by Gasteiger charge is -2.07. The number of ether oxygens (including phenoxy) is 1. The normalized spacial score (nSPS) is 11.0. The molecule has 0 aliphatic rings.